The standard InChI is InChI=1S/C39H56F4N4O12P2/c1-2-3-4-5-6-7-8-9-10-11-12-13-14-33(48)45-31(24-27-17-21-29(22-18-27)39(42,43)61(57,58)59)36(52)47-32(25-34(49)50)37(53)46-30(35(44)51)23-26-15-19-28(20-16-26)38(40,41)60(54,55)56/h15-22,30-32H,2-14,23-25H2,1H3,(H2,44,51)(H,45,48)(H,46,53)(H,47,52)(H,49,50)(H2,54,55,56)(H2,57,58,59). The Balaban J connectivity index is 2.20. The van der Waals surface area contributed by atoms with E-state index in [1.807, 2.05) is 0 Å². The number of nitrogens with two attached hydrogens (primary N) is 1. The molecule has 0 heterocycles. The van der Waals surface area contributed by atoms with E-state index in [-0.39, 0.29) is 17.5 Å². The molecule has 2 aromatic carbocycles. The van der Waals surface area contributed by atoms with Crippen LogP contribution in [0.3, 0.4) is 0 Å². The number of carboxylic acid groups (broad SMARTS) is 1. The van der Waals surface area contributed by atoms with Gasteiger partial charge in [0.05, 0.1) is 6.42 Å². The van der Waals surface area contributed by atoms with E-state index >= 15 is 0 Å². The zero-order valence-corrected chi connectivity index (χ0v) is 35.5. The minimum atomic E-state index is -5.91. The molecule has 22 heteroatoms. The predicted octanol–water partition coefficient (Wildman–Crippen LogP) is 5.43. The summed E-state index contributed by atoms with van der Waals surface area (Å²) >= 11 is 0. The van der Waals surface area contributed by atoms with Crippen molar-refractivity contribution in [2.45, 2.75) is 139 Å². The number of carboxylic acids is 1. The number of alkyl halides is 4. The second-order valence-electron chi connectivity index (χ2n) is 14.9. The Kier molecular flexibility index (Phi) is 21.2. The molecule has 0 radical (unpaired) electrons. The molecule has 0 saturated carbocycles. The number of hydrogen-bond acceptors (Lipinski definition) is 7. The molecule has 342 valence electrons. The summed E-state index contributed by atoms with van der Waals surface area (Å²) in [5.74, 6) is -5.71. The Bertz CT molecular complexity index is 1860. The van der Waals surface area contributed by atoms with Crippen LogP contribution in [0.4, 0.5) is 17.6 Å². The molecule has 61 heavy (non-hydrogen) atoms. The molecule has 0 aliphatic rings. The third-order valence-electron chi connectivity index (χ3n) is 9.79. The van der Waals surface area contributed by atoms with Gasteiger partial charge in [0.1, 0.15) is 18.1 Å². The molecule has 16 nitrogen and oxygen atoms in total. The molecule has 0 aliphatic heterocycles. The van der Waals surface area contributed by atoms with Crippen LogP contribution in [0.25, 0.3) is 0 Å². The molecule has 0 saturated heterocycles. The fraction of sp³-hybridized carbons (Fsp3) is 0.564. The van der Waals surface area contributed by atoms with E-state index in [4.69, 9.17) is 25.3 Å². The van der Waals surface area contributed by atoms with E-state index < -0.39 is 105 Å². The van der Waals surface area contributed by atoms with Gasteiger partial charge in [-0.2, -0.15) is 17.6 Å². The van der Waals surface area contributed by atoms with Gasteiger partial charge in [-0.3, -0.25) is 33.1 Å². The largest absolute Gasteiger partial charge is 0.481 e. The highest BCUT2D eigenvalue weighted by Crippen LogP contribution is 2.60. The summed E-state index contributed by atoms with van der Waals surface area (Å²) in [5.41, 5.74) is -5.51. The number of carbonyl (C=O) groups is 5. The molecule has 4 amide bonds. The van der Waals surface area contributed by atoms with Gasteiger partial charge in [-0.1, -0.05) is 126 Å². The summed E-state index contributed by atoms with van der Waals surface area (Å²) < 4.78 is 79.4. The van der Waals surface area contributed by atoms with Crippen molar-refractivity contribution in [2.24, 2.45) is 5.73 Å². The van der Waals surface area contributed by atoms with Crippen LogP contribution in [0, 0.1) is 0 Å². The quantitative estimate of drug-likeness (QED) is 0.0281. The van der Waals surface area contributed by atoms with Gasteiger partial charge in [-0.25, -0.2) is 0 Å². The van der Waals surface area contributed by atoms with Gasteiger partial charge in [0.15, 0.2) is 0 Å². The minimum absolute atomic E-state index is 0.0219. The monoisotopic (exact) mass is 910 g/mol. The van der Waals surface area contributed by atoms with Crippen LogP contribution in [0.5, 0.6) is 0 Å². The highest BCUT2D eigenvalue weighted by atomic mass is 31.2. The molecule has 3 unspecified atom stereocenters. The van der Waals surface area contributed by atoms with E-state index in [0.29, 0.717) is 25.0 Å². The number of carbonyl (C=O) groups excluding carboxylic acids is 4. The van der Waals surface area contributed by atoms with Gasteiger partial charge in [-0.05, 0) is 17.5 Å². The number of benzene rings is 2. The average molecular weight is 911 g/mol. The third kappa shape index (κ3) is 17.6. The Morgan fingerprint density at radius 2 is 0.951 bits per heavy atom. The number of unbranched alkanes of at least 4 members (excludes halogenated alkanes) is 11. The molecule has 0 aliphatic carbocycles. The maximum absolute atomic E-state index is 14.3. The lowest BCUT2D eigenvalue weighted by Crippen LogP contribution is -2.57. The SMILES string of the molecule is CCCCCCCCCCCCCCC(=O)NC(Cc1ccc(C(F)(F)P(=O)(O)O)cc1)C(=O)NC(CC(=O)O)C(=O)NC(Cc1ccc(C(F)(F)P(=O)(O)O)cc1)C(N)=O. The Morgan fingerprint density at radius 1 is 0.590 bits per heavy atom. The molecular formula is C39H56F4N4O12P2. The van der Waals surface area contributed by atoms with Crippen LogP contribution >= 0.6 is 15.2 Å². The number of primary amides is 1. The molecular weight excluding hydrogens is 854 g/mol. The van der Waals surface area contributed by atoms with Crippen molar-refractivity contribution >= 4 is 44.8 Å². The van der Waals surface area contributed by atoms with Crippen molar-refractivity contribution < 1.29 is 75.3 Å². The first-order valence-electron chi connectivity index (χ1n) is 19.9. The smallest absolute Gasteiger partial charge is 0.399 e. The average Bonchev–Trinajstić information content (AvgIpc) is 3.16. The van der Waals surface area contributed by atoms with Gasteiger partial charge >= 0.3 is 32.5 Å². The zero-order valence-electron chi connectivity index (χ0n) is 33.7. The Labute approximate surface area is 351 Å². The van der Waals surface area contributed by atoms with Crippen LogP contribution in [0.1, 0.15) is 119 Å². The lowest BCUT2D eigenvalue weighted by molar-refractivity contribution is -0.141. The number of aliphatic carboxylic acids is 1. The van der Waals surface area contributed by atoms with Gasteiger partial charge in [0.25, 0.3) is 0 Å². The fourth-order valence-electron chi connectivity index (χ4n) is 6.24. The van der Waals surface area contributed by atoms with E-state index in [9.17, 15) is 55.8 Å². The molecule has 2 aromatic rings. The van der Waals surface area contributed by atoms with Crippen LogP contribution in [0.2, 0.25) is 0 Å². The highest BCUT2D eigenvalue weighted by Gasteiger charge is 2.51. The summed E-state index contributed by atoms with van der Waals surface area (Å²) in [6.07, 6.45) is 10.5. The summed E-state index contributed by atoms with van der Waals surface area (Å²) in [5, 5.41) is 16.5. The van der Waals surface area contributed by atoms with Crippen LogP contribution in [-0.2, 0) is 57.3 Å². The van der Waals surface area contributed by atoms with Crippen LogP contribution < -0.4 is 21.7 Å². The van der Waals surface area contributed by atoms with E-state index in [2.05, 4.69) is 22.9 Å². The maximum Gasteiger partial charge on any atom is 0.399 e. The van der Waals surface area contributed by atoms with Gasteiger partial charge in [0.2, 0.25) is 23.6 Å². The summed E-state index contributed by atoms with van der Waals surface area (Å²) in [4.78, 5) is 100. The second-order valence-corrected chi connectivity index (χ2v) is 18.2. The van der Waals surface area contributed by atoms with Gasteiger partial charge in [-0.15, -0.1) is 0 Å². The molecule has 0 aromatic heterocycles. The van der Waals surface area contributed by atoms with Gasteiger partial charge < -0.3 is 46.4 Å². The molecule has 0 fully saturated rings. The molecule has 3 atom stereocenters. The predicted molar refractivity (Wildman–Crippen MR) is 215 cm³/mol. The zero-order chi connectivity index (χ0) is 46.0. The Morgan fingerprint density at radius 3 is 1.33 bits per heavy atom. The summed E-state index contributed by atoms with van der Waals surface area (Å²) in [6.45, 7) is 2.16. The van der Waals surface area contributed by atoms with E-state index in [1.165, 1.54) is 32.1 Å². The summed E-state index contributed by atoms with van der Waals surface area (Å²) in [7, 11) is -11.8. The lowest BCUT2D eigenvalue weighted by Gasteiger charge is -2.24. The number of hydrogen-bond donors (Lipinski definition) is 9. The van der Waals surface area contributed by atoms with E-state index in [0.717, 1.165) is 68.5 Å². The molecule has 10 N–H and O–H groups in total. The first-order chi connectivity index (χ1) is 28.4. The third-order valence-corrected chi connectivity index (χ3v) is 11.8. The van der Waals surface area contributed by atoms with Crippen LogP contribution in [-0.4, -0.2) is 72.4 Å². The highest BCUT2D eigenvalue weighted by molar-refractivity contribution is 7.52. The fourth-order valence-corrected chi connectivity index (χ4v) is 7.21. The van der Waals surface area contributed by atoms with Crippen molar-refractivity contribution in [1.29, 1.82) is 0 Å². The van der Waals surface area contributed by atoms with Crippen molar-refractivity contribution in [3.05, 3.63) is 70.8 Å². The maximum atomic E-state index is 14.3. The summed E-state index contributed by atoms with van der Waals surface area (Å²) in [6, 6.07) is 1.79. The number of amides is 4. The van der Waals surface area contributed by atoms with Crippen molar-refractivity contribution in [3.63, 3.8) is 0 Å². The second kappa shape index (κ2) is 24.4. The van der Waals surface area contributed by atoms with Crippen molar-refractivity contribution in [3.8, 4) is 0 Å². The van der Waals surface area contributed by atoms with E-state index in [1.54, 1.807) is 0 Å². The molecule has 0 spiro atoms. The van der Waals surface area contributed by atoms with Crippen LogP contribution in [0.15, 0.2) is 48.5 Å². The Hall–Kier alpha value is -4.19. The molecule has 2 rings (SSSR count). The number of rotatable bonds is 29. The van der Waals surface area contributed by atoms with Gasteiger partial charge in [0, 0.05) is 30.4 Å². The van der Waals surface area contributed by atoms with Crippen molar-refractivity contribution in [1.82, 2.24) is 16.0 Å². The number of halogens is 4. The lowest BCUT2D eigenvalue weighted by atomic mass is 10.0. The first-order valence-corrected chi connectivity index (χ1v) is 23.1. The normalized spacial score (nSPS) is 13.8. The molecule has 0 bridgehead atoms. The minimum Gasteiger partial charge on any atom is -0.481 e. The first kappa shape index (κ1) is 52.9. The topological polar surface area (TPSA) is 283 Å². The van der Waals surface area contributed by atoms with Crippen molar-refractivity contribution in [2.75, 3.05) is 0 Å². The number of nitrogens with one attached hydrogen (secondary N) is 3.